The molecule has 0 fully saturated rings. The normalized spacial score (nSPS) is 13.9. The highest BCUT2D eigenvalue weighted by molar-refractivity contribution is 7.92. The van der Waals surface area contributed by atoms with Gasteiger partial charge in [-0.3, -0.25) is 4.79 Å². The van der Waals surface area contributed by atoms with Crippen LogP contribution in [0.1, 0.15) is 53.3 Å². The molecule has 1 N–H and O–H groups in total. The second-order valence-electron chi connectivity index (χ2n) is 6.36. The van der Waals surface area contributed by atoms with Gasteiger partial charge in [0.15, 0.2) is 15.7 Å². The Morgan fingerprint density at radius 1 is 1.36 bits per heavy atom. The van der Waals surface area contributed by atoms with Crippen LogP contribution in [0.25, 0.3) is 0 Å². The monoisotopic (exact) mass is 331 g/mol. The maximum atomic E-state index is 12.4. The molecule has 0 aliphatic carbocycles. The zero-order valence-corrected chi connectivity index (χ0v) is 14.6. The number of sulfone groups is 1. The Labute approximate surface area is 131 Å². The first-order valence-electron chi connectivity index (χ1n) is 7.35. The van der Waals surface area contributed by atoms with Gasteiger partial charge in [-0.2, -0.15) is 0 Å². The van der Waals surface area contributed by atoms with Crippen molar-refractivity contribution in [3.8, 4) is 0 Å². The molecule has 0 aromatic carbocycles. The van der Waals surface area contributed by atoms with E-state index in [2.05, 4.69) is 20.8 Å². The first-order chi connectivity index (χ1) is 10.1. The number of carbonyl (C=O) groups excluding carboxylic acids is 1. The summed E-state index contributed by atoms with van der Waals surface area (Å²) in [6.07, 6.45) is 1.81. The minimum absolute atomic E-state index is 0.267. The zero-order chi connectivity index (χ0) is 17.0. The van der Waals surface area contributed by atoms with E-state index in [1.165, 1.54) is 11.6 Å². The van der Waals surface area contributed by atoms with Crippen molar-refractivity contribution >= 4 is 15.7 Å². The zero-order valence-electron chi connectivity index (χ0n) is 13.8. The minimum atomic E-state index is -3.68. The molecule has 0 radical (unpaired) electrons. The Balaban J connectivity index is 2.83. The lowest BCUT2D eigenvalue weighted by molar-refractivity contribution is -0.121. The molecular formula is C13H25N5O3S. The van der Waals surface area contributed by atoms with E-state index in [4.69, 9.17) is 0 Å². The van der Waals surface area contributed by atoms with Gasteiger partial charge in [0, 0.05) is 12.1 Å². The summed E-state index contributed by atoms with van der Waals surface area (Å²) in [5, 5.41) is 12.6. The Morgan fingerprint density at radius 2 is 2.00 bits per heavy atom. The lowest BCUT2D eigenvalue weighted by Gasteiger charge is -2.23. The SMILES string of the molecule is CCCCn1nnnc1CS(=O)(=O)C(C)C(=O)NC(C)(C)C. The molecule has 1 rings (SSSR count). The molecule has 9 heteroatoms. The van der Waals surface area contributed by atoms with E-state index in [1.54, 1.807) is 20.8 Å². The number of hydrogen-bond acceptors (Lipinski definition) is 6. The third-order valence-corrected chi connectivity index (χ3v) is 5.02. The van der Waals surface area contributed by atoms with Crippen molar-refractivity contribution in [2.45, 2.75) is 70.5 Å². The standard InChI is InChI=1S/C13H25N5O3S/c1-6-7-8-18-11(15-16-17-18)9-22(20,21)10(2)12(19)14-13(3,4)5/h10H,6-9H2,1-5H3,(H,14,19). The number of nitrogens with one attached hydrogen (secondary N) is 1. The number of unbranched alkanes of at least 4 members (excludes halogenated alkanes) is 1. The molecular weight excluding hydrogens is 306 g/mol. The first kappa shape index (κ1) is 18.5. The molecule has 0 saturated heterocycles. The predicted octanol–water partition coefficient (Wildman–Crippen LogP) is 0.691. The van der Waals surface area contributed by atoms with E-state index in [9.17, 15) is 13.2 Å². The Kier molecular flexibility index (Phi) is 6.04. The number of aryl methyl sites for hydroxylation is 1. The minimum Gasteiger partial charge on any atom is -0.350 e. The molecule has 0 aliphatic rings. The fourth-order valence-corrected chi connectivity index (χ4v) is 2.95. The van der Waals surface area contributed by atoms with E-state index in [0.29, 0.717) is 6.54 Å². The average Bonchev–Trinajstić information content (AvgIpc) is 2.79. The van der Waals surface area contributed by atoms with Crippen molar-refractivity contribution in [3.63, 3.8) is 0 Å². The van der Waals surface area contributed by atoms with Crippen LogP contribution in [0.3, 0.4) is 0 Å². The summed E-state index contributed by atoms with van der Waals surface area (Å²) < 4.78 is 26.2. The first-order valence-corrected chi connectivity index (χ1v) is 9.07. The van der Waals surface area contributed by atoms with Crippen LogP contribution >= 0.6 is 0 Å². The van der Waals surface area contributed by atoms with Gasteiger partial charge < -0.3 is 5.32 Å². The summed E-state index contributed by atoms with van der Waals surface area (Å²) in [6, 6.07) is 0. The third-order valence-electron chi connectivity index (χ3n) is 3.07. The molecule has 1 aromatic heterocycles. The smallest absolute Gasteiger partial charge is 0.238 e. The molecule has 1 unspecified atom stereocenters. The highest BCUT2D eigenvalue weighted by atomic mass is 32.2. The van der Waals surface area contributed by atoms with Gasteiger partial charge in [-0.25, -0.2) is 13.1 Å². The second kappa shape index (κ2) is 7.17. The average molecular weight is 331 g/mol. The highest BCUT2D eigenvalue weighted by Crippen LogP contribution is 2.11. The van der Waals surface area contributed by atoms with Crippen molar-refractivity contribution < 1.29 is 13.2 Å². The summed E-state index contributed by atoms with van der Waals surface area (Å²) in [6.45, 7) is 9.38. The molecule has 1 heterocycles. The van der Waals surface area contributed by atoms with Crippen LogP contribution in [0, 0.1) is 0 Å². The number of amides is 1. The fourth-order valence-electron chi connectivity index (χ4n) is 1.75. The Morgan fingerprint density at radius 3 is 2.55 bits per heavy atom. The summed E-state index contributed by atoms with van der Waals surface area (Å²) >= 11 is 0. The summed E-state index contributed by atoms with van der Waals surface area (Å²) in [7, 11) is -3.68. The van der Waals surface area contributed by atoms with Gasteiger partial charge in [0.2, 0.25) is 5.91 Å². The van der Waals surface area contributed by atoms with Crippen molar-refractivity contribution in [2.24, 2.45) is 0 Å². The highest BCUT2D eigenvalue weighted by Gasteiger charge is 2.31. The van der Waals surface area contributed by atoms with E-state index in [1.807, 2.05) is 6.92 Å². The molecule has 0 spiro atoms. The van der Waals surface area contributed by atoms with Crippen LogP contribution in [0.2, 0.25) is 0 Å². The van der Waals surface area contributed by atoms with Gasteiger partial charge in [-0.15, -0.1) is 5.10 Å². The van der Waals surface area contributed by atoms with E-state index >= 15 is 0 Å². The van der Waals surface area contributed by atoms with Gasteiger partial charge in [-0.1, -0.05) is 13.3 Å². The molecule has 0 aliphatic heterocycles. The van der Waals surface area contributed by atoms with Gasteiger partial charge in [-0.05, 0) is 44.5 Å². The summed E-state index contributed by atoms with van der Waals surface area (Å²) in [4.78, 5) is 12.0. The lowest BCUT2D eigenvalue weighted by atomic mass is 10.1. The van der Waals surface area contributed by atoms with Crippen molar-refractivity contribution in [1.29, 1.82) is 0 Å². The molecule has 1 amide bonds. The van der Waals surface area contributed by atoms with Crippen LogP contribution in [0.4, 0.5) is 0 Å². The molecule has 1 atom stereocenters. The van der Waals surface area contributed by atoms with Gasteiger partial charge >= 0.3 is 0 Å². The Hall–Kier alpha value is -1.51. The van der Waals surface area contributed by atoms with E-state index < -0.39 is 26.5 Å². The maximum Gasteiger partial charge on any atom is 0.238 e. The van der Waals surface area contributed by atoms with Crippen LogP contribution in [-0.2, 0) is 26.9 Å². The number of aromatic nitrogens is 4. The number of carbonyl (C=O) groups is 1. The molecule has 8 nitrogen and oxygen atoms in total. The molecule has 126 valence electrons. The number of tetrazole rings is 1. The van der Waals surface area contributed by atoms with Gasteiger partial charge in [0.1, 0.15) is 11.0 Å². The van der Waals surface area contributed by atoms with Crippen LogP contribution in [0.15, 0.2) is 0 Å². The number of rotatable bonds is 7. The second-order valence-corrected chi connectivity index (χ2v) is 8.68. The number of nitrogens with zero attached hydrogens (tertiary/aromatic N) is 4. The summed E-state index contributed by atoms with van der Waals surface area (Å²) in [5.41, 5.74) is -0.483. The molecule has 22 heavy (non-hydrogen) atoms. The van der Waals surface area contributed by atoms with Crippen molar-refractivity contribution in [2.75, 3.05) is 0 Å². The van der Waals surface area contributed by atoms with Crippen LogP contribution < -0.4 is 5.32 Å². The third kappa shape index (κ3) is 5.36. The molecule has 1 aromatic rings. The largest absolute Gasteiger partial charge is 0.350 e. The van der Waals surface area contributed by atoms with Crippen molar-refractivity contribution in [3.05, 3.63) is 5.82 Å². The molecule has 0 saturated carbocycles. The van der Waals surface area contributed by atoms with Crippen LogP contribution in [-0.4, -0.2) is 45.3 Å². The topological polar surface area (TPSA) is 107 Å². The van der Waals surface area contributed by atoms with E-state index in [-0.39, 0.29) is 11.6 Å². The quantitative estimate of drug-likeness (QED) is 0.788. The lowest BCUT2D eigenvalue weighted by Crippen LogP contribution is -2.47. The van der Waals surface area contributed by atoms with Crippen molar-refractivity contribution in [1.82, 2.24) is 25.5 Å². The van der Waals surface area contributed by atoms with Gasteiger partial charge in [0.25, 0.3) is 0 Å². The Bertz CT molecular complexity index is 603. The summed E-state index contributed by atoms with van der Waals surface area (Å²) in [5.74, 6) is -0.591. The maximum absolute atomic E-state index is 12.4. The number of hydrogen-bond donors (Lipinski definition) is 1. The fraction of sp³-hybridized carbons (Fsp3) is 0.846. The predicted molar refractivity (Wildman–Crippen MR) is 82.7 cm³/mol. The van der Waals surface area contributed by atoms with Crippen LogP contribution in [0.5, 0.6) is 0 Å². The van der Waals surface area contributed by atoms with Gasteiger partial charge in [0.05, 0.1) is 0 Å². The molecule has 0 bridgehead atoms. The van der Waals surface area contributed by atoms with E-state index in [0.717, 1.165) is 12.8 Å².